The van der Waals surface area contributed by atoms with Crippen molar-refractivity contribution in [1.82, 2.24) is 9.55 Å². The van der Waals surface area contributed by atoms with Crippen LogP contribution in [0.1, 0.15) is 22.7 Å². The Morgan fingerprint density at radius 1 is 0.952 bits per heavy atom. The number of rotatable bonds is 4. The summed E-state index contributed by atoms with van der Waals surface area (Å²) in [5.41, 5.74) is 3.71. The molecular weight excluding hydrogens is 260 g/mol. The third kappa shape index (κ3) is 2.82. The lowest BCUT2D eigenvalue weighted by molar-refractivity contribution is 0.414. The molecule has 0 aliphatic heterocycles. The summed E-state index contributed by atoms with van der Waals surface area (Å²) in [4.78, 5) is 4.18. The van der Waals surface area contributed by atoms with Crippen LogP contribution >= 0.6 is 0 Å². The van der Waals surface area contributed by atoms with Gasteiger partial charge in [-0.2, -0.15) is 0 Å². The van der Waals surface area contributed by atoms with Crippen molar-refractivity contribution >= 4 is 0 Å². The molecule has 106 valence electrons. The monoisotopic (exact) mass is 278 g/mol. The Morgan fingerprint density at radius 2 is 1.57 bits per heavy atom. The molecule has 0 saturated carbocycles. The van der Waals surface area contributed by atoms with Gasteiger partial charge in [-0.25, -0.2) is 4.98 Å². The minimum atomic E-state index is 0.124. The normalized spacial score (nSPS) is 12.1. The van der Waals surface area contributed by atoms with E-state index >= 15 is 0 Å². The zero-order valence-electron chi connectivity index (χ0n) is 12.2. The highest BCUT2D eigenvalue weighted by molar-refractivity contribution is 5.37. The molecule has 1 aromatic heterocycles. The summed E-state index contributed by atoms with van der Waals surface area (Å²) in [6, 6.07) is 16.9. The number of ether oxygens (including phenoxy) is 1. The first-order valence-electron chi connectivity index (χ1n) is 6.96. The molecular formula is C18H18N2O. The molecule has 1 heterocycles. The van der Waals surface area contributed by atoms with Gasteiger partial charge in [-0.05, 0) is 30.2 Å². The fraction of sp³-hybridized carbons (Fsp3) is 0.167. The third-order valence-corrected chi connectivity index (χ3v) is 3.65. The molecule has 0 aliphatic carbocycles. The van der Waals surface area contributed by atoms with Crippen LogP contribution in [-0.2, 0) is 0 Å². The maximum absolute atomic E-state index is 5.24. The lowest BCUT2D eigenvalue weighted by atomic mass is 9.97. The van der Waals surface area contributed by atoms with Crippen LogP contribution in [0.4, 0.5) is 0 Å². The molecule has 0 aliphatic rings. The van der Waals surface area contributed by atoms with Crippen molar-refractivity contribution in [2.45, 2.75) is 13.0 Å². The number of imidazole rings is 1. The summed E-state index contributed by atoms with van der Waals surface area (Å²) in [5.74, 6) is 0.868. The van der Waals surface area contributed by atoms with E-state index in [0.717, 1.165) is 5.75 Å². The highest BCUT2D eigenvalue weighted by atomic mass is 16.5. The van der Waals surface area contributed by atoms with E-state index in [1.54, 1.807) is 7.11 Å². The van der Waals surface area contributed by atoms with Gasteiger partial charge < -0.3 is 9.30 Å². The smallest absolute Gasteiger partial charge is 0.118 e. The third-order valence-electron chi connectivity index (χ3n) is 3.65. The zero-order valence-corrected chi connectivity index (χ0v) is 12.2. The number of hydrogen-bond donors (Lipinski definition) is 0. The van der Waals surface area contributed by atoms with Crippen molar-refractivity contribution in [2.75, 3.05) is 7.11 Å². The van der Waals surface area contributed by atoms with Crippen LogP contribution < -0.4 is 4.74 Å². The predicted octanol–water partition coefficient (Wildman–Crippen LogP) is 3.84. The fourth-order valence-corrected chi connectivity index (χ4v) is 2.49. The van der Waals surface area contributed by atoms with E-state index in [4.69, 9.17) is 4.74 Å². The molecule has 1 atom stereocenters. The molecule has 0 unspecified atom stereocenters. The number of methoxy groups -OCH3 is 1. The maximum Gasteiger partial charge on any atom is 0.118 e. The second kappa shape index (κ2) is 5.83. The minimum Gasteiger partial charge on any atom is -0.497 e. The Kier molecular flexibility index (Phi) is 3.73. The number of nitrogens with zero attached hydrogens (tertiary/aromatic N) is 2. The van der Waals surface area contributed by atoms with Gasteiger partial charge in [0.05, 0.1) is 19.5 Å². The molecule has 0 amide bonds. The largest absolute Gasteiger partial charge is 0.497 e. The van der Waals surface area contributed by atoms with Crippen LogP contribution in [-0.4, -0.2) is 16.7 Å². The first kappa shape index (κ1) is 13.4. The summed E-state index contributed by atoms with van der Waals surface area (Å²) in [5, 5.41) is 0. The highest BCUT2D eigenvalue weighted by Crippen LogP contribution is 2.28. The van der Waals surface area contributed by atoms with E-state index in [2.05, 4.69) is 52.9 Å². The summed E-state index contributed by atoms with van der Waals surface area (Å²) >= 11 is 0. The second-order valence-electron chi connectivity index (χ2n) is 5.10. The lowest BCUT2D eigenvalue weighted by Crippen LogP contribution is -2.10. The number of hydrogen-bond acceptors (Lipinski definition) is 2. The molecule has 2 aromatic carbocycles. The average Bonchev–Trinajstić information content (AvgIpc) is 3.04. The first-order valence-corrected chi connectivity index (χ1v) is 6.96. The molecule has 0 fully saturated rings. The Labute approximate surface area is 124 Å². The summed E-state index contributed by atoms with van der Waals surface area (Å²) in [6.07, 6.45) is 5.66. The quantitative estimate of drug-likeness (QED) is 0.725. The van der Waals surface area contributed by atoms with Gasteiger partial charge in [-0.15, -0.1) is 0 Å². The van der Waals surface area contributed by atoms with Crippen molar-refractivity contribution in [2.24, 2.45) is 0 Å². The van der Waals surface area contributed by atoms with Crippen LogP contribution in [0.5, 0.6) is 5.75 Å². The first-order chi connectivity index (χ1) is 10.3. The second-order valence-corrected chi connectivity index (χ2v) is 5.10. The fourth-order valence-electron chi connectivity index (χ4n) is 2.49. The molecule has 0 spiro atoms. The number of aryl methyl sites for hydroxylation is 1. The molecule has 3 rings (SSSR count). The van der Waals surface area contributed by atoms with Crippen molar-refractivity contribution in [3.05, 3.63) is 83.9 Å². The van der Waals surface area contributed by atoms with E-state index in [1.165, 1.54) is 16.7 Å². The molecule has 0 bridgehead atoms. The van der Waals surface area contributed by atoms with Crippen molar-refractivity contribution in [3.8, 4) is 5.75 Å². The lowest BCUT2D eigenvalue weighted by Gasteiger charge is -2.20. The standard InChI is InChI=1S/C18H18N2O/c1-14-3-5-15(6-4-14)18(20-12-11-19-13-20)16-7-9-17(21-2)10-8-16/h3-13,18H,1-2H3/t18-/m0/s1. The minimum absolute atomic E-state index is 0.124. The van der Waals surface area contributed by atoms with Crippen LogP contribution in [0.2, 0.25) is 0 Å². The van der Waals surface area contributed by atoms with Crippen LogP contribution in [0.3, 0.4) is 0 Å². The van der Waals surface area contributed by atoms with E-state index in [-0.39, 0.29) is 6.04 Å². The summed E-state index contributed by atoms with van der Waals surface area (Å²) in [7, 11) is 1.68. The Balaban J connectivity index is 2.05. The summed E-state index contributed by atoms with van der Waals surface area (Å²) in [6.45, 7) is 2.10. The topological polar surface area (TPSA) is 27.1 Å². The van der Waals surface area contributed by atoms with E-state index in [1.807, 2.05) is 30.9 Å². The van der Waals surface area contributed by atoms with Gasteiger partial charge in [-0.3, -0.25) is 0 Å². The van der Waals surface area contributed by atoms with Gasteiger partial charge in [0.2, 0.25) is 0 Å². The molecule has 0 radical (unpaired) electrons. The van der Waals surface area contributed by atoms with Gasteiger partial charge in [0, 0.05) is 12.4 Å². The van der Waals surface area contributed by atoms with Gasteiger partial charge >= 0.3 is 0 Å². The molecule has 0 N–H and O–H groups in total. The van der Waals surface area contributed by atoms with Gasteiger partial charge in [0.15, 0.2) is 0 Å². The molecule has 0 saturated heterocycles. The van der Waals surface area contributed by atoms with Gasteiger partial charge in [0.1, 0.15) is 5.75 Å². The predicted molar refractivity (Wildman–Crippen MR) is 83.6 cm³/mol. The molecule has 21 heavy (non-hydrogen) atoms. The van der Waals surface area contributed by atoms with Crippen LogP contribution in [0, 0.1) is 6.92 Å². The van der Waals surface area contributed by atoms with Gasteiger partial charge in [0.25, 0.3) is 0 Å². The Morgan fingerprint density at radius 3 is 2.10 bits per heavy atom. The average molecular weight is 278 g/mol. The number of aromatic nitrogens is 2. The maximum atomic E-state index is 5.24. The Hall–Kier alpha value is -2.55. The van der Waals surface area contributed by atoms with E-state index in [9.17, 15) is 0 Å². The van der Waals surface area contributed by atoms with Crippen molar-refractivity contribution < 1.29 is 4.74 Å². The number of benzene rings is 2. The van der Waals surface area contributed by atoms with Crippen LogP contribution in [0.25, 0.3) is 0 Å². The van der Waals surface area contributed by atoms with E-state index in [0.29, 0.717) is 0 Å². The molecule has 3 aromatic rings. The van der Waals surface area contributed by atoms with Crippen molar-refractivity contribution in [3.63, 3.8) is 0 Å². The Bertz CT molecular complexity index is 685. The molecule has 3 nitrogen and oxygen atoms in total. The highest BCUT2D eigenvalue weighted by Gasteiger charge is 2.15. The van der Waals surface area contributed by atoms with Gasteiger partial charge in [-0.1, -0.05) is 42.0 Å². The molecule has 3 heteroatoms. The zero-order chi connectivity index (χ0) is 14.7. The van der Waals surface area contributed by atoms with Crippen molar-refractivity contribution in [1.29, 1.82) is 0 Å². The van der Waals surface area contributed by atoms with E-state index < -0.39 is 0 Å². The summed E-state index contributed by atoms with van der Waals surface area (Å²) < 4.78 is 7.36. The van der Waals surface area contributed by atoms with Crippen LogP contribution in [0.15, 0.2) is 67.3 Å². The SMILES string of the molecule is COc1ccc([C@H](c2ccc(C)cc2)n2ccnc2)cc1.